The first kappa shape index (κ1) is 31.9. The second kappa shape index (κ2) is 10.4. The number of fused-ring (bicyclic) bond motifs is 4. The van der Waals surface area contributed by atoms with Gasteiger partial charge in [0, 0.05) is 59.7 Å². The van der Waals surface area contributed by atoms with Gasteiger partial charge in [-0.25, -0.2) is 9.14 Å². The highest BCUT2D eigenvalue weighted by Crippen LogP contribution is 2.71. The maximum Gasteiger partial charge on any atom is 0.288 e. The van der Waals surface area contributed by atoms with Crippen molar-refractivity contribution in [2.75, 3.05) is 7.05 Å². The molecule has 4 heteroatoms. The van der Waals surface area contributed by atoms with Gasteiger partial charge in [0.1, 0.15) is 12.7 Å². The summed E-state index contributed by atoms with van der Waals surface area (Å²) in [5.41, 5.74) is 13.7. The molecular weight excluding hydrogens is 621 g/mol. The molecule has 1 spiro atoms. The monoisotopic (exact) mass is 676 g/mol. The Morgan fingerprint density at radius 3 is 2.49 bits per heavy atom. The molecule has 51 heavy (non-hydrogen) atoms. The molecule has 4 nitrogen and oxygen atoms in total. The fourth-order valence-electron chi connectivity index (χ4n) is 13.1. The molecule has 4 unspecified atom stereocenters. The van der Waals surface area contributed by atoms with Crippen LogP contribution in [0.1, 0.15) is 128 Å². The van der Waals surface area contributed by atoms with Crippen LogP contribution in [0.4, 0.5) is 0 Å². The highest BCUT2D eigenvalue weighted by molar-refractivity contribution is 6.06. The van der Waals surface area contributed by atoms with Gasteiger partial charge in [0.25, 0.3) is 6.33 Å². The van der Waals surface area contributed by atoms with E-state index in [1.165, 1.54) is 113 Å². The molecule has 3 aromatic carbocycles. The predicted octanol–water partition coefficient (Wildman–Crippen LogP) is 10.1. The van der Waals surface area contributed by atoms with Crippen molar-refractivity contribution in [2.45, 2.75) is 141 Å². The summed E-state index contributed by atoms with van der Waals surface area (Å²) in [5, 5.41) is 4.17. The molecule has 3 aliphatic heterocycles. The number of nitrogens with zero attached hydrogens (tertiary/aromatic N) is 4. The van der Waals surface area contributed by atoms with Gasteiger partial charge in [0.15, 0.2) is 22.8 Å². The molecule has 262 valence electrons. The van der Waals surface area contributed by atoms with Crippen LogP contribution in [-0.4, -0.2) is 39.3 Å². The van der Waals surface area contributed by atoms with Gasteiger partial charge in [-0.05, 0) is 102 Å². The highest BCUT2D eigenvalue weighted by Gasteiger charge is 2.76. The van der Waals surface area contributed by atoms with E-state index in [9.17, 15) is 0 Å². The third kappa shape index (κ3) is 3.70. The number of allylic oxidation sites excluding steroid dienone is 4. The van der Waals surface area contributed by atoms with Crippen LogP contribution in [0.5, 0.6) is 0 Å². The van der Waals surface area contributed by atoms with Crippen LogP contribution >= 0.6 is 0 Å². The van der Waals surface area contributed by atoms with Crippen LogP contribution in [-0.2, 0) is 16.4 Å². The van der Waals surface area contributed by atoms with Crippen molar-refractivity contribution in [3.8, 4) is 11.3 Å². The normalized spacial score (nSPS) is 30.7. The fraction of sp³-hybridized carbons (Fsp3) is 0.511. The minimum Gasteiger partial charge on any atom is -0.345 e. The van der Waals surface area contributed by atoms with Crippen molar-refractivity contribution in [2.24, 2.45) is 5.41 Å². The van der Waals surface area contributed by atoms with Crippen molar-refractivity contribution in [1.82, 2.24) is 9.88 Å². The van der Waals surface area contributed by atoms with Gasteiger partial charge in [0.2, 0.25) is 0 Å². The molecule has 11 rings (SSSR count). The van der Waals surface area contributed by atoms with E-state index in [1.54, 1.807) is 11.3 Å². The summed E-state index contributed by atoms with van der Waals surface area (Å²) in [6, 6.07) is 17.9. The van der Waals surface area contributed by atoms with E-state index < -0.39 is 0 Å². The average molecular weight is 677 g/mol. The van der Waals surface area contributed by atoms with Gasteiger partial charge < -0.3 is 4.90 Å². The molecule has 0 N–H and O–H groups in total. The summed E-state index contributed by atoms with van der Waals surface area (Å²) in [6.07, 6.45) is 20.2. The van der Waals surface area contributed by atoms with Crippen molar-refractivity contribution < 1.29 is 9.14 Å². The fourth-order valence-corrected chi connectivity index (χ4v) is 13.1. The van der Waals surface area contributed by atoms with Crippen molar-refractivity contribution in [1.29, 1.82) is 0 Å². The highest BCUT2D eigenvalue weighted by atomic mass is 15.3. The Morgan fingerprint density at radius 1 is 0.922 bits per heavy atom. The molecule has 2 fully saturated rings. The molecule has 7 aliphatic rings. The molecule has 4 aliphatic carbocycles. The van der Waals surface area contributed by atoms with Crippen LogP contribution < -0.4 is 4.57 Å². The number of rotatable bonds is 2. The summed E-state index contributed by atoms with van der Waals surface area (Å²) >= 11 is 0. The Morgan fingerprint density at radius 2 is 1.71 bits per heavy atom. The summed E-state index contributed by atoms with van der Waals surface area (Å²) in [4.78, 5) is 8.36. The third-order valence-corrected chi connectivity index (χ3v) is 15.4. The number of aryl methyl sites for hydroxylation is 1. The van der Waals surface area contributed by atoms with E-state index in [-0.39, 0.29) is 21.8 Å². The van der Waals surface area contributed by atoms with Crippen LogP contribution in [0.25, 0.3) is 32.9 Å². The molecule has 2 saturated carbocycles. The predicted molar refractivity (Wildman–Crippen MR) is 209 cm³/mol. The summed E-state index contributed by atoms with van der Waals surface area (Å²) in [5.74, 6) is 0. The average Bonchev–Trinajstić information content (AvgIpc) is 3.12. The van der Waals surface area contributed by atoms with E-state index >= 15 is 0 Å². The van der Waals surface area contributed by atoms with Gasteiger partial charge in [-0.2, -0.15) is 0 Å². The zero-order valence-corrected chi connectivity index (χ0v) is 32.3. The van der Waals surface area contributed by atoms with Gasteiger partial charge in [0.05, 0.1) is 10.8 Å². The molecule has 4 bridgehead atoms. The van der Waals surface area contributed by atoms with Crippen LogP contribution in [0, 0.1) is 12.3 Å². The summed E-state index contributed by atoms with van der Waals surface area (Å²) in [7, 11) is 2.38. The van der Waals surface area contributed by atoms with E-state index in [0.29, 0.717) is 12.1 Å². The summed E-state index contributed by atoms with van der Waals surface area (Å²) in [6.45, 7) is 17.2. The second-order valence-corrected chi connectivity index (χ2v) is 18.3. The van der Waals surface area contributed by atoms with Gasteiger partial charge in [-0.15, -0.1) is 0 Å². The lowest BCUT2D eigenvalue weighted by atomic mass is 9.40. The molecule has 0 amide bonds. The molecular formula is C47H56N4+2. The van der Waals surface area contributed by atoms with E-state index in [2.05, 4.69) is 131 Å². The largest absolute Gasteiger partial charge is 0.345 e. The molecule has 1 aromatic heterocycles. The Bertz CT molecular complexity index is 2300. The molecule has 0 saturated heterocycles. The minimum atomic E-state index is -0.248. The number of hydrogen-bond acceptors (Lipinski definition) is 2. The molecule has 4 heterocycles. The van der Waals surface area contributed by atoms with E-state index in [4.69, 9.17) is 4.98 Å². The molecule has 4 atom stereocenters. The second-order valence-electron chi connectivity index (χ2n) is 18.3. The molecule has 4 aromatic rings. The Labute approximate surface area is 305 Å². The Kier molecular flexibility index (Phi) is 6.52. The SMILES string of the molecule is CCC12C3=CC1([n+]1cnc4cc(C)cc5c4c1-c1c2cc2ccccc2c1C5(C)C)C1(C)CCCC(C1)[N+](C)=C(C)C=C(C)N3C1CCCCC1. The maximum absolute atomic E-state index is 5.47. The van der Waals surface area contributed by atoms with Crippen LogP contribution in [0.2, 0.25) is 0 Å². The maximum atomic E-state index is 5.47. The van der Waals surface area contributed by atoms with E-state index in [1.807, 2.05) is 0 Å². The van der Waals surface area contributed by atoms with Gasteiger partial charge in [-0.1, -0.05) is 77.3 Å². The topological polar surface area (TPSA) is 23.0 Å². The van der Waals surface area contributed by atoms with Crippen molar-refractivity contribution in [3.05, 3.63) is 94.6 Å². The molecule has 0 radical (unpaired) electrons. The third-order valence-electron chi connectivity index (χ3n) is 15.4. The zero-order valence-electron chi connectivity index (χ0n) is 32.3. The number of aromatic nitrogens is 2. The first-order chi connectivity index (χ1) is 24.5. The Hall–Kier alpha value is -3.79. The minimum absolute atomic E-state index is 0.0261. The lowest BCUT2D eigenvalue weighted by Crippen LogP contribution is -2.82. The van der Waals surface area contributed by atoms with Crippen molar-refractivity contribution >= 4 is 27.4 Å². The first-order valence-corrected chi connectivity index (χ1v) is 20.2. The lowest BCUT2D eigenvalue weighted by molar-refractivity contribution is -0.779. The standard InChI is InChI=1S/C47H56N4/c1-9-46-37-25-32-16-13-14-20-35(32)42-41(37)43-40-36(44(42,5)6)22-29(2)23-38(40)48-28-50(43)47(46)27-39(46)51(33-17-11-10-12-18-33)31(4)24-30(3)49(8)34-19-15-21-45(47,7)26-34/h13-14,16,20,22-25,27-28,33-34H,9-12,15,17-19,21,26H2,1-8H3/q+2. The Balaban J connectivity index is 1.43. The lowest BCUT2D eigenvalue weighted by Gasteiger charge is -2.68. The smallest absolute Gasteiger partial charge is 0.288 e. The van der Waals surface area contributed by atoms with Gasteiger partial charge >= 0.3 is 0 Å². The first-order valence-electron chi connectivity index (χ1n) is 20.2. The van der Waals surface area contributed by atoms with Crippen LogP contribution in [0.3, 0.4) is 0 Å². The van der Waals surface area contributed by atoms with Crippen molar-refractivity contribution in [3.63, 3.8) is 0 Å². The van der Waals surface area contributed by atoms with E-state index in [0.717, 1.165) is 11.9 Å². The van der Waals surface area contributed by atoms with Crippen LogP contribution in [0.15, 0.2) is 72.3 Å². The number of hydrogen-bond donors (Lipinski definition) is 0. The van der Waals surface area contributed by atoms with Gasteiger partial charge in [-0.3, -0.25) is 0 Å². The quantitative estimate of drug-likeness (QED) is 0.197. The zero-order chi connectivity index (χ0) is 35.2. The summed E-state index contributed by atoms with van der Waals surface area (Å²) < 4.78 is 5.45. The number of benzene rings is 3.